The summed E-state index contributed by atoms with van der Waals surface area (Å²) in [6.45, 7) is 3.13. The molecule has 0 spiro atoms. The van der Waals surface area contributed by atoms with Crippen LogP contribution in [0.15, 0.2) is 33.9 Å². The lowest BCUT2D eigenvalue weighted by Crippen LogP contribution is -2.49. The molecule has 1 amide bonds. The molecular formula is C19H23N3O5. The average molecular weight is 373 g/mol. The lowest BCUT2D eigenvalue weighted by molar-refractivity contribution is -0.155. The Balaban J connectivity index is 1.67. The van der Waals surface area contributed by atoms with Crippen molar-refractivity contribution in [3.63, 3.8) is 0 Å². The van der Waals surface area contributed by atoms with Gasteiger partial charge in [0.25, 0.3) is 17.0 Å². The number of H-pyrrole nitrogens is 1. The van der Waals surface area contributed by atoms with E-state index in [0.29, 0.717) is 0 Å². The highest BCUT2D eigenvalue weighted by Crippen LogP contribution is 2.22. The van der Waals surface area contributed by atoms with Crippen molar-refractivity contribution in [2.45, 2.75) is 51.7 Å². The van der Waals surface area contributed by atoms with Gasteiger partial charge in [-0.15, -0.1) is 0 Å². The summed E-state index contributed by atoms with van der Waals surface area (Å²) in [6.07, 6.45) is 2.93. The molecule has 2 aromatic rings. The van der Waals surface area contributed by atoms with E-state index in [2.05, 4.69) is 5.10 Å². The lowest BCUT2D eigenvalue weighted by atomic mass is 9.97. The Morgan fingerprint density at radius 2 is 1.74 bits per heavy atom. The zero-order valence-corrected chi connectivity index (χ0v) is 15.4. The molecule has 144 valence electrons. The number of benzene rings is 1. The van der Waals surface area contributed by atoms with Crippen LogP contribution in [-0.4, -0.2) is 45.2 Å². The zero-order valence-electron chi connectivity index (χ0n) is 15.4. The van der Waals surface area contributed by atoms with Gasteiger partial charge in [-0.1, -0.05) is 12.1 Å². The number of carbonyl (C=O) groups excluding carboxylic acids is 2. The first-order valence-corrected chi connectivity index (χ1v) is 9.07. The second-order valence-corrected chi connectivity index (χ2v) is 6.97. The number of aromatic nitrogens is 2. The smallest absolute Gasteiger partial charge is 0.328 e. The molecule has 1 aliphatic heterocycles. The van der Waals surface area contributed by atoms with Crippen molar-refractivity contribution < 1.29 is 14.3 Å². The second-order valence-electron chi connectivity index (χ2n) is 6.97. The number of fused-ring (bicyclic) bond motifs is 1. The lowest BCUT2D eigenvalue weighted by Gasteiger charge is -2.38. The molecule has 8 nitrogen and oxygen atoms in total. The van der Waals surface area contributed by atoms with Crippen LogP contribution in [0.25, 0.3) is 10.8 Å². The molecule has 0 aliphatic carbocycles. The van der Waals surface area contributed by atoms with E-state index in [1.807, 2.05) is 13.8 Å². The number of nitrogens with one attached hydrogen (secondary N) is 1. The van der Waals surface area contributed by atoms with Gasteiger partial charge in [-0.25, -0.2) is 4.68 Å². The number of piperidine rings is 1. The number of carbonyl (C=O) groups is 2. The molecule has 2 atom stereocenters. The molecule has 2 heterocycles. The largest absolute Gasteiger partial charge is 0.454 e. The van der Waals surface area contributed by atoms with Gasteiger partial charge in [0.05, 0.1) is 10.8 Å². The SMILES string of the molecule is C[C@@H]1CCC[C@@H](C)N1C(=O)COC(=O)Cn1[nH]c(=O)c2ccccc2c1=O. The summed E-state index contributed by atoms with van der Waals surface area (Å²) in [5.41, 5.74) is -0.961. The molecule has 0 saturated carbocycles. The van der Waals surface area contributed by atoms with Gasteiger partial charge in [0.15, 0.2) is 6.61 Å². The topological polar surface area (TPSA) is 101 Å². The highest BCUT2D eigenvalue weighted by molar-refractivity contribution is 5.82. The number of likely N-dealkylation sites (tertiary alicyclic amines) is 1. The van der Waals surface area contributed by atoms with E-state index in [9.17, 15) is 19.2 Å². The highest BCUT2D eigenvalue weighted by atomic mass is 16.5. The molecule has 1 aromatic heterocycles. The summed E-state index contributed by atoms with van der Waals surface area (Å²) in [4.78, 5) is 50.7. The maximum atomic E-state index is 12.4. The van der Waals surface area contributed by atoms with Crippen LogP contribution in [0.3, 0.4) is 0 Å². The minimum absolute atomic E-state index is 0.111. The molecule has 1 fully saturated rings. The standard InChI is InChI=1S/C19H23N3O5/c1-12-6-5-7-13(2)22(12)16(23)11-27-17(24)10-21-19(26)15-9-4-3-8-14(15)18(25)20-21/h3-4,8-9,12-13H,5-7,10-11H2,1-2H3,(H,20,25)/t12-,13-/m1/s1. The molecule has 0 unspecified atom stereocenters. The average Bonchev–Trinajstić information content (AvgIpc) is 2.64. The highest BCUT2D eigenvalue weighted by Gasteiger charge is 2.29. The molecule has 3 rings (SSSR count). The molecule has 1 aromatic carbocycles. The molecule has 1 aliphatic rings. The number of nitrogens with zero attached hydrogens (tertiary/aromatic N) is 2. The molecule has 0 radical (unpaired) electrons. The van der Waals surface area contributed by atoms with Crippen molar-refractivity contribution in [1.29, 1.82) is 0 Å². The third-order valence-electron chi connectivity index (χ3n) is 5.01. The number of esters is 1. The van der Waals surface area contributed by atoms with Gasteiger partial charge in [-0.2, -0.15) is 0 Å². The first-order chi connectivity index (χ1) is 12.9. The Kier molecular flexibility index (Phi) is 5.43. The van der Waals surface area contributed by atoms with Crippen molar-refractivity contribution in [2.24, 2.45) is 0 Å². The van der Waals surface area contributed by atoms with Crippen LogP contribution in [0, 0.1) is 0 Å². The maximum absolute atomic E-state index is 12.4. The third kappa shape index (κ3) is 3.94. The van der Waals surface area contributed by atoms with Crippen LogP contribution in [-0.2, 0) is 20.9 Å². The molecular weight excluding hydrogens is 350 g/mol. The van der Waals surface area contributed by atoms with Crippen molar-refractivity contribution >= 4 is 22.6 Å². The van der Waals surface area contributed by atoms with Gasteiger partial charge in [-0.3, -0.25) is 24.3 Å². The van der Waals surface area contributed by atoms with Crippen LogP contribution in [0.4, 0.5) is 0 Å². The van der Waals surface area contributed by atoms with E-state index in [-0.39, 0.29) is 35.4 Å². The van der Waals surface area contributed by atoms with Crippen LogP contribution >= 0.6 is 0 Å². The van der Waals surface area contributed by atoms with Crippen LogP contribution in [0.1, 0.15) is 33.1 Å². The Labute approximate surface area is 155 Å². The van der Waals surface area contributed by atoms with Gasteiger partial charge in [-0.05, 0) is 45.2 Å². The fraction of sp³-hybridized carbons (Fsp3) is 0.474. The molecule has 1 saturated heterocycles. The maximum Gasteiger partial charge on any atom is 0.328 e. The monoisotopic (exact) mass is 373 g/mol. The van der Waals surface area contributed by atoms with Crippen molar-refractivity contribution in [1.82, 2.24) is 14.7 Å². The number of rotatable bonds is 4. The molecule has 27 heavy (non-hydrogen) atoms. The van der Waals surface area contributed by atoms with Crippen LogP contribution in [0.2, 0.25) is 0 Å². The fourth-order valence-corrected chi connectivity index (χ4v) is 3.66. The Morgan fingerprint density at radius 3 is 2.41 bits per heavy atom. The minimum atomic E-state index is -0.756. The van der Waals surface area contributed by atoms with E-state index in [4.69, 9.17) is 4.74 Å². The minimum Gasteiger partial charge on any atom is -0.454 e. The van der Waals surface area contributed by atoms with Crippen LogP contribution < -0.4 is 11.1 Å². The predicted octanol–water partition coefficient (Wildman–Crippen LogP) is 1.02. The van der Waals surface area contributed by atoms with Gasteiger partial charge >= 0.3 is 5.97 Å². The first-order valence-electron chi connectivity index (χ1n) is 9.07. The summed E-state index contributed by atoms with van der Waals surface area (Å²) in [5, 5.41) is 2.85. The van der Waals surface area contributed by atoms with Crippen molar-refractivity contribution in [2.75, 3.05) is 6.61 Å². The summed E-state index contributed by atoms with van der Waals surface area (Å²) in [6, 6.07) is 6.59. The van der Waals surface area contributed by atoms with E-state index < -0.39 is 23.6 Å². The predicted molar refractivity (Wildman–Crippen MR) is 99.4 cm³/mol. The fourth-order valence-electron chi connectivity index (χ4n) is 3.66. The first kappa shape index (κ1) is 18.9. The van der Waals surface area contributed by atoms with Crippen molar-refractivity contribution in [3.05, 3.63) is 45.0 Å². The summed E-state index contributed by atoms with van der Waals surface area (Å²) in [7, 11) is 0. The molecule has 0 bridgehead atoms. The summed E-state index contributed by atoms with van der Waals surface area (Å²) in [5.74, 6) is -1.00. The summed E-state index contributed by atoms with van der Waals surface area (Å²) < 4.78 is 5.96. The van der Waals surface area contributed by atoms with Gasteiger partial charge in [0.2, 0.25) is 0 Å². The number of ether oxygens (including phenoxy) is 1. The Morgan fingerprint density at radius 1 is 1.11 bits per heavy atom. The number of hydrogen-bond acceptors (Lipinski definition) is 5. The quantitative estimate of drug-likeness (QED) is 0.807. The third-order valence-corrected chi connectivity index (χ3v) is 5.01. The Bertz CT molecular complexity index is 967. The number of aromatic amines is 1. The second kappa shape index (κ2) is 7.77. The van der Waals surface area contributed by atoms with Gasteiger partial charge in [0, 0.05) is 12.1 Å². The molecule has 8 heteroatoms. The number of hydrogen-bond donors (Lipinski definition) is 1. The van der Waals surface area contributed by atoms with E-state index >= 15 is 0 Å². The van der Waals surface area contributed by atoms with Gasteiger partial charge < -0.3 is 9.64 Å². The van der Waals surface area contributed by atoms with Crippen molar-refractivity contribution in [3.8, 4) is 0 Å². The van der Waals surface area contributed by atoms with E-state index in [1.54, 1.807) is 17.0 Å². The molecule has 1 N–H and O–H groups in total. The van der Waals surface area contributed by atoms with Crippen LogP contribution in [0.5, 0.6) is 0 Å². The van der Waals surface area contributed by atoms with E-state index in [0.717, 1.165) is 23.9 Å². The summed E-state index contributed by atoms with van der Waals surface area (Å²) >= 11 is 0. The van der Waals surface area contributed by atoms with E-state index in [1.165, 1.54) is 12.1 Å². The Hall–Kier alpha value is -2.90. The van der Waals surface area contributed by atoms with Gasteiger partial charge in [0.1, 0.15) is 6.54 Å². The normalized spacial score (nSPS) is 19.9. The number of amides is 1. The zero-order chi connectivity index (χ0) is 19.6.